The van der Waals surface area contributed by atoms with Crippen LogP contribution in [0.4, 0.5) is 0 Å². The average molecular weight is 136 g/mol. The fraction of sp³-hybridized carbons (Fsp3) is 0.333. The van der Waals surface area contributed by atoms with Crippen molar-refractivity contribution in [2.75, 3.05) is 7.11 Å². The van der Waals surface area contributed by atoms with Gasteiger partial charge in [0.2, 0.25) is 0 Å². The summed E-state index contributed by atoms with van der Waals surface area (Å²) in [6, 6.07) is 0. The van der Waals surface area contributed by atoms with Gasteiger partial charge in [-0.05, 0) is 0 Å². The van der Waals surface area contributed by atoms with Gasteiger partial charge in [-0.15, -0.1) is 0 Å². The number of hydrogen-bond donors (Lipinski definition) is 0. The second kappa shape index (κ2) is 3.32. The molecule has 0 aliphatic carbocycles. The van der Waals surface area contributed by atoms with Crippen LogP contribution < -0.4 is 5.46 Å². The zero-order valence-electron chi connectivity index (χ0n) is 6.16. The summed E-state index contributed by atoms with van der Waals surface area (Å²) in [4.78, 5) is 8.06. The fourth-order valence-corrected chi connectivity index (χ4v) is 0.623. The first-order valence-corrected chi connectivity index (χ1v) is 3.09. The number of hydrogen-bond acceptors (Lipinski definition) is 3. The molecule has 10 heavy (non-hydrogen) atoms. The van der Waals surface area contributed by atoms with E-state index in [4.69, 9.17) is 4.74 Å². The third kappa shape index (κ3) is 1.81. The molecular formula is C6H9BN2O. The van der Waals surface area contributed by atoms with Gasteiger partial charge in [-0.2, -0.15) is 0 Å². The Labute approximate surface area is 60.9 Å². The predicted molar refractivity (Wildman–Crippen MR) is 40.9 cm³/mol. The molecule has 1 aromatic rings. The third-order valence-electron chi connectivity index (χ3n) is 1.11. The van der Waals surface area contributed by atoms with E-state index in [-0.39, 0.29) is 0 Å². The normalized spacial score (nSPS) is 9.70. The van der Waals surface area contributed by atoms with Gasteiger partial charge in [-0.25, -0.2) is 9.97 Å². The van der Waals surface area contributed by atoms with Crippen molar-refractivity contribution in [3.8, 4) is 0 Å². The summed E-state index contributed by atoms with van der Waals surface area (Å²) in [7, 11) is 3.58. The first-order chi connectivity index (χ1) is 4.83. The highest BCUT2D eigenvalue weighted by Crippen LogP contribution is 1.85. The van der Waals surface area contributed by atoms with Gasteiger partial charge >= 0.3 is 0 Å². The van der Waals surface area contributed by atoms with Crippen LogP contribution >= 0.6 is 0 Å². The zero-order chi connectivity index (χ0) is 7.40. The summed E-state index contributed by atoms with van der Waals surface area (Å²) in [5.41, 5.74) is 1.07. The molecule has 0 aliphatic rings. The van der Waals surface area contributed by atoms with E-state index in [0.29, 0.717) is 6.61 Å². The van der Waals surface area contributed by atoms with Crippen LogP contribution in [-0.4, -0.2) is 24.9 Å². The van der Waals surface area contributed by atoms with Crippen molar-refractivity contribution >= 4 is 13.3 Å². The van der Waals surface area contributed by atoms with Gasteiger partial charge in [0.1, 0.15) is 14.5 Å². The van der Waals surface area contributed by atoms with Crippen LogP contribution in [0.3, 0.4) is 0 Å². The average Bonchev–Trinajstić information content (AvgIpc) is 1.95. The van der Waals surface area contributed by atoms with E-state index in [2.05, 4.69) is 9.97 Å². The second-order valence-corrected chi connectivity index (χ2v) is 2.11. The minimum Gasteiger partial charge on any atom is -0.377 e. The standard InChI is InChI=1S/C6H9BN2O/c1-10-4-6-8-2-5(7)3-9-6/h2-3H,4,7H2,1H3. The van der Waals surface area contributed by atoms with Gasteiger partial charge in [0, 0.05) is 19.5 Å². The van der Waals surface area contributed by atoms with Gasteiger partial charge < -0.3 is 4.74 Å². The molecule has 0 N–H and O–H groups in total. The summed E-state index contributed by atoms with van der Waals surface area (Å²) in [5, 5.41) is 0. The van der Waals surface area contributed by atoms with Gasteiger partial charge in [0.05, 0.1) is 0 Å². The highest BCUT2D eigenvalue weighted by atomic mass is 16.5. The van der Waals surface area contributed by atoms with E-state index in [9.17, 15) is 0 Å². The largest absolute Gasteiger partial charge is 0.377 e. The molecule has 0 bridgehead atoms. The monoisotopic (exact) mass is 136 g/mol. The molecule has 0 saturated heterocycles. The summed E-state index contributed by atoms with van der Waals surface area (Å²) < 4.78 is 4.84. The molecule has 0 amide bonds. The molecule has 1 heterocycles. The molecule has 0 radical (unpaired) electrons. The van der Waals surface area contributed by atoms with E-state index in [1.54, 1.807) is 19.5 Å². The van der Waals surface area contributed by atoms with Crippen LogP contribution in [0.1, 0.15) is 5.82 Å². The van der Waals surface area contributed by atoms with Crippen LogP contribution in [0.15, 0.2) is 12.4 Å². The summed E-state index contributed by atoms with van der Waals surface area (Å²) in [6.45, 7) is 0.486. The maximum atomic E-state index is 4.84. The lowest BCUT2D eigenvalue weighted by Crippen LogP contribution is -2.07. The first kappa shape index (κ1) is 7.21. The van der Waals surface area contributed by atoms with Crippen molar-refractivity contribution in [1.82, 2.24) is 9.97 Å². The lowest BCUT2D eigenvalue weighted by molar-refractivity contribution is 0.178. The maximum Gasteiger partial charge on any atom is 0.153 e. The van der Waals surface area contributed by atoms with Crippen molar-refractivity contribution in [2.24, 2.45) is 0 Å². The van der Waals surface area contributed by atoms with Crippen LogP contribution in [-0.2, 0) is 11.3 Å². The van der Waals surface area contributed by atoms with Crippen molar-refractivity contribution < 1.29 is 4.74 Å². The minimum absolute atomic E-state index is 0.486. The van der Waals surface area contributed by atoms with Crippen molar-refractivity contribution in [1.29, 1.82) is 0 Å². The van der Waals surface area contributed by atoms with Gasteiger partial charge in [0.15, 0.2) is 5.82 Å². The Kier molecular flexibility index (Phi) is 2.39. The molecule has 0 saturated carbocycles. The van der Waals surface area contributed by atoms with Gasteiger partial charge in [-0.3, -0.25) is 0 Å². The molecule has 0 unspecified atom stereocenters. The highest BCUT2D eigenvalue weighted by Gasteiger charge is 1.91. The number of aromatic nitrogens is 2. The fourth-order valence-electron chi connectivity index (χ4n) is 0.623. The SMILES string of the molecule is Bc1cnc(COC)nc1. The Morgan fingerprint density at radius 3 is 2.60 bits per heavy atom. The Morgan fingerprint density at radius 2 is 2.10 bits per heavy atom. The molecule has 0 aromatic carbocycles. The van der Waals surface area contributed by atoms with E-state index in [1.165, 1.54) is 0 Å². The molecule has 0 fully saturated rings. The molecule has 0 spiro atoms. The number of rotatable bonds is 2. The first-order valence-electron chi connectivity index (χ1n) is 3.09. The maximum absolute atomic E-state index is 4.84. The van der Waals surface area contributed by atoms with Gasteiger partial charge in [0.25, 0.3) is 0 Å². The quantitative estimate of drug-likeness (QED) is 0.483. The third-order valence-corrected chi connectivity index (χ3v) is 1.11. The number of ether oxygens (including phenoxy) is 1. The molecule has 0 atom stereocenters. The number of nitrogens with zero attached hydrogens (tertiary/aromatic N) is 2. The smallest absolute Gasteiger partial charge is 0.153 e. The molecule has 4 heteroatoms. The summed E-state index contributed by atoms with van der Waals surface area (Å²) in [6.07, 6.45) is 3.56. The molecular weight excluding hydrogens is 127 g/mol. The summed E-state index contributed by atoms with van der Waals surface area (Å²) in [5.74, 6) is 0.730. The van der Waals surface area contributed by atoms with E-state index in [1.807, 2.05) is 7.85 Å². The number of methoxy groups -OCH3 is 1. The van der Waals surface area contributed by atoms with E-state index >= 15 is 0 Å². The van der Waals surface area contributed by atoms with Crippen molar-refractivity contribution in [3.63, 3.8) is 0 Å². The molecule has 0 aliphatic heterocycles. The van der Waals surface area contributed by atoms with E-state index < -0.39 is 0 Å². The predicted octanol–water partition coefficient (Wildman–Crippen LogP) is -1.12. The van der Waals surface area contributed by atoms with Crippen molar-refractivity contribution in [2.45, 2.75) is 6.61 Å². The Hall–Kier alpha value is -0.895. The van der Waals surface area contributed by atoms with Crippen molar-refractivity contribution in [3.05, 3.63) is 18.2 Å². The lowest BCUT2D eigenvalue weighted by atomic mass is 10.0. The summed E-state index contributed by atoms with van der Waals surface area (Å²) >= 11 is 0. The molecule has 52 valence electrons. The van der Waals surface area contributed by atoms with Gasteiger partial charge in [-0.1, -0.05) is 5.46 Å². The Morgan fingerprint density at radius 1 is 1.50 bits per heavy atom. The Bertz CT molecular complexity index is 199. The van der Waals surface area contributed by atoms with E-state index in [0.717, 1.165) is 11.3 Å². The molecule has 3 nitrogen and oxygen atoms in total. The van der Waals surface area contributed by atoms with Crippen LogP contribution in [0.25, 0.3) is 0 Å². The second-order valence-electron chi connectivity index (χ2n) is 2.11. The van der Waals surface area contributed by atoms with Crippen LogP contribution in [0.2, 0.25) is 0 Å². The highest BCUT2D eigenvalue weighted by molar-refractivity contribution is 6.31. The van der Waals surface area contributed by atoms with Crippen LogP contribution in [0.5, 0.6) is 0 Å². The zero-order valence-corrected chi connectivity index (χ0v) is 6.16. The topological polar surface area (TPSA) is 35.0 Å². The lowest BCUT2D eigenvalue weighted by Gasteiger charge is -1.96. The molecule has 1 aromatic heterocycles. The minimum atomic E-state index is 0.486. The Balaban J connectivity index is 2.69. The van der Waals surface area contributed by atoms with Crippen LogP contribution in [0, 0.1) is 0 Å². The molecule has 1 rings (SSSR count).